The van der Waals surface area contributed by atoms with E-state index in [1.54, 1.807) is 29.2 Å². The first kappa shape index (κ1) is 18.0. The van der Waals surface area contributed by atoms with Gasteiger partial charge in [-0.15, -0.1) is 0 Å². The van der Waals surface area contributed by atoms with Crippen molar-refractivity contribution in [2.45, 2.75) is 12.8 Å². The number of morpholine rings is 1. The van der Waals surface area contributed by atoms with Crippen molar-refractivity contribution in [2.75, 3.05) is 39.4 Å². The first-order chi connectivity index (χ1) is 12.1. The number of amides is 2. The van der Waals surface area contributed by atoms with Gasteiger partial charge in [-0.1, -0.05) is 23.7 Å². The van der Waals surface area contributed by atoms with E-state index in [9.17, 15) is 9.59 Å². The Bertz CT molecular complexity index is 639. The van der Waals surface area contributed by atoms with Crippen LogP contribution < -0.4 is 0 Å². The van der Waals surface area contributed by atoms with Crippen LogP contribution in [-0.4, -0.2) is 61.0 Å². The van der Waals surface area contributed by atoms with E-state index in [-0.39, 0.29) is 17.7 Å². The summed E-state index contributed by atoms with van der Waals surface area (Å²) in [5.41, 5.74) is 0.927. The second-order valence-corrected chi connectivity index (χ2v) is 6.88. The highest BCUT2D eigenvalue weighted by Gasteiger charge is 2.31. The highest BCUT2D eigenvalue weighted by Crippen LogP contribution is 2.20. The van der Waals surface area contributed by atoms with Gasteiger partial charge in [-0.2, -0.15) is 0 Å². The van der Waals surface area contributed by atoms with Crippen LogP contribution >= 0.6 is 11.6 Å². The number of rotatable bonds is 3. The minimum absolute atomic E-state index is 0.0468. The number of hydrogen-bond acceptors (Lipinski definition) is 3. The molecule has 0 aliphatic carbocycles. The zero-order valence-electron chi connectivity index (χ0n) is 14.2. The van der Waals surface area contributed by atoms with Crippen LogP contribution in [0.4, 0.5) is 0 Å². The summed E-state index contributed by atoms with van der Waals surface area (Å²) in [6.45, 7) is 3.71. The maximum absolute atomic E-state index is 12.6. The normalized spacial score (nSPS) is 21.6. The Morgan fingerprint density at radius 2 is 1.80 bits per heavy atom. The molecule has 0 radical (unpaired) electrons. The summed E-state index contributed by atoms with van der Waals surface area (Å²) in [4.78, 5) is 28.7. The smallest absolute Gasteiger partial charge is 0.246 e. The number of benzene rings is 1. The summed E-state index contributed by atoms with van der Waals surface area (Å²) in [6.07, 6.45) is 5.07. The van der Waals surface area contributed by atoms with Crippen molar-refractivity contribution in [3.8, 4) is 0 Å². The van der Waals surface area contributed by atoms with Crippen LogP contribution in [0.2, 0.25) is 5.02 Å². The lowest BCUT2D eigenvalue weighted by Crippen LogP contribution is -2.49. The molecule has 3 rings (SSSR count). The molecular weight excluding hydrogens is 340 g/mol. The number of piperidine rings is 1. The average Bonchev–Trinajstić information content (AvgIpc) is 2.67. The van der Waals surface area contributed by atoms with Crippen LogP contribution in [0.25, 0.3) is 6.08 Å². The Morgan fingerprint density at radius 1 is 1.08 bits per heavy atom. The molecule has 0 N–H and O–H groups in total. The molecule has 25 heavy (non-hydrogen) atoms. The number of hydrogen-bond donors (Lipinski definition) is 0. The fourth-order valence-corrected chi connectivity index (χ4v) is 3.39. The van der Waals surface area contributed by atoms with Crippen LogP contribution in [0.3, 0.4) is 0 Å². The first-order valence-corrected chi connectivity index (χ1v) is 9.10. The monoisotopic (exact) mass is 362 g/mol. The third-order valence-electron chi connectivity index (χ3n) is 4.69. The molecule has 2 aliphatic heterocycles. The lowest BCUT2D eigenvalue weighted by Gasteiger charge is -2.35. The lowest BCUT2D eigenvalue weighted by atomic mass is 9.96. The van der Waals surface area contributed by atoms with Gasteiger partial charge < -0.3 is 14.5 Å². The van der Waals surface area contributed by atoms with Crippen LogP contribution in [0.5, 0.6) is 0 Å². The molecule has 134 valence electrons. The molecule has 1 aromatic carbocycles. The van der Waals surface area contributed by atoms with Crippen molar-refractivity contribution < 1.29 is 14.3 Å². The molecule has 2 fully saturated rings. The highest BCUT2D eigenvalue weighted by atomic mass is 35.5. The van der Waals surface area contributed by atoms with Crippen molar-refractivity contribution in [2.24, 2.45) is 5.92 Å². The predicted molar refractivity (Wildman–Crippen MR) is 97.2 cm³/mol. The van der Waals surface area contributed by atoms with Crippen molar-refractivity contribution >= 4 is 29.5 Å². The van der Waals surface area contributed by atoms with Crippen molar-refractivity contribution in [1.29, 1.82) is 0 Å². The van der Waals surface area contributed by atoms with E-state index in [1.807, 2.05) is 17.0 Å². The third kappa shape index (κ3) is 4.83. The molecule has 0 bridgehead atoms. The molecule has 2 aliphatic rings. The Morgan fingerprint density at radius 3 is 2.52 bits per heavy atom. The number of carbonyl (C=O) groups is 2. The zero-order valence-corrected chi connectivity index (χ0v) is 15.0. The van der Waals surface area contributed by atoms with Crippen molar-refractivity contribution in [3.05, 3.63) is 40.9 Å². The van der Waals surface area contributed by atoms with E-state index in [2.05, 4.69) is 0 Å². The van der Waals surface area contributed by atoms with Gasteiger partial charge in [-0.3, -0.25) is 9.59 Å². The number of ether oxygens (including phenoxy) is 1. The largest absolute Gasteiger partial charge is 0.378 e. The summed E-state index contributed by atoms with van der Waals surface area (Å²) >= 11 is 5.86. The fourth-order valence-electron chi connectivity index (χ4n) is 3.27. The molecule has 0 aromatic heterocycles. The molecule has 2 saturated heterocycles. The van der Waals surface area contributed by atoms with Gasteiger partial charge in [-0.25, -0.2) is 0 Å². The minimum atomic E-state index is -0.0975. The van der Waals surface area contributed by atoms with E-state index in [0.717, 1.165) is 18.4 Å². The van der Waals surface area contributed by atoms with Crippen LogP contribution in [-0.2, 0) is 14.3 Å². The minimum Gasteiger partial charge on any atom is -0.378 e. The quantitative estimate of drug-likeness (QED) is 0.776. The van der Waals surface area contributed by atoms with Gasteiger partial charge in [-0.05, 0) is 36.6 Å². The number of likely N-dealkylation sites (tertiary alicyclic amines) is 1. The molecule has 2 amide bonds. The van der Waals surface area contributed by atoms with Gasteiger partial charge >= 0.3 is 0 Å². The van der Waals surface area contributed by atoms with E-state index in [4.69, 9.17) is 16.3 Å². The zero-order chi connectivity index (χ0) is 17.6. The van der Waals surface area contributed by atoms with Crippen LogP contribution in [0, 0.1) is 5.92 Å². The SMILES string of the molecule is O=C(/C=C/c1ccc(Cl)cc1)N1CCCC(C(=O)N2CCOCC2)C1. The molecule has 6 heteroatoms. The average molecular weight is 363 g/mol. The molecule has 2 heterocycles. The van der Waals surface area contributed by atoms with Gasteiger partial charge in [0.25, 0.3) is 0 Å². The van der Waals surface area contributed by atoms with Crippen molar-refractivity contribution in [1.82, 2.24) is 9.80 Å². The maximum atomic E-state index is 12.6. The Balaban J connectivity index is 1.57. The molecule has 1 aromatic rings. The Hall–Kier alpha value is -1.85. The number of carbonyl (C=O) groups excluding carboxylic acids is 2. The predicted octanol–water partition coefficient (Wildman–Crippen LogP) is 2.45. The topological polar surface area (TPSA) is 49.9 Å². The van der Waals surface area contributed by atoms with E-state index >= 15 is 0 Å². The fraction of sp³-hybridized carbons (Fsp3) is 0.474. The standard InChI is InChI=1S/C19H23ClN2O3/c20-17-6-3-15(4-7-17)5-8-18(23)22-9-1-2-16(14-22)19(24)21-10-12-25-13-11-21/h3-8,16H,1-2,9-14H2/b8-5+. The summed E-state index contributed by atoms with van der Waals surface area (Å²) in [7, 11) is 0. The second kappa shape index (κ2) is 8.50. The summed E-state index contributed by atoms with van der Waals surface area (Å²) < 4.78 is 5.30. The maximum Gasteiger partial charge on any atom is 0.246 e. The molecule has 0 saturated carbocycles. The van der Waals surface area contributed by atoms with E-state index < -0.39 is 0 Å². The van der Waals surface area contributed by atoms with Gasteiger partial charge in [0.2, 0.25) is 11.8 Å². The summed E-state index contributed by atoms with van der Waals surface area (Å²) in [5, 5.41) is 0.670. The highest BCUT2D eigenvalue weighted by molar-refractivity contribution is 6.30. The van der Waals surface area contributed by atoms with Crippen molar-refractivity contribution in [3.63, 3.8) is 0 Å². The third-order valence-corrected chi connectivity index (χ3v) is 4.95. The Labute approximate surface area is 153 Å². The molecule has 1 unspecified atom stereocenters. The lowest BCUT2D eigenvalue weighted by molar-refractivity contribution is -0.143. The second-order valence-electron chi connectivity index (χ2n) is 6.45. The van der Waals surface area contributed by atoms with E-state index in [0.29, 0.717) is 44.4 Å². The first-order valence-electron chi connectivity index (χ1n) is 8.72. The Kier molecular flexibility index (Phi) is 6.10. The molecule has 5 nitrogen and oxygen atoms in total. The van der Waals surface area contributed by atoms with Gasteiger partial charge in [0.1, 0.15) is 0 Å². The van der Waals surface area contributed by atoms with Gasteiger partial charge in [0, 0.05) is 37.3 Å². The van der Waals surface area contributed by atoms with E-state index in [1.165, 1.54) is 0 Å². The van der Waals surface area contributed by atoms with Gasteiger partial charge in [0.15, 0.2) is 0 Å². The molecule has 1 atom stereocenters. The summed E-state index contributed by atoms with van der Waals surface area (Å²) in [6, 6.07) is 7.33. The number of halogens is 1. The number of nitrogens with zero attached hydrogens (tertiary/aromatic N) is 2. The van der Waals surface area contributed by atoms with Crippen LogP contribution in [0.15, 0.2) is 30.3 Å². The molecule has 0 spiro atoms. The molecular formula is C19H23ClN2O3. The summed E-state index contributed by atoms with van der Waals surface area (Å²) in [5.74, 6) is 0.0108. The van der Waals surface area contributed by atoms with Gasteiger partial charge in [0.05, 0.1) is 19.1 Å². The van der Waals surface area contributed by atoms with Crippen LogP contribution in [0.1, 0.15) is 18.4 Å².